The molecule has 0 N–H and O–H groups in total. The molecule has 0 fully saturated rings. The van der Waals surface area contributed by atoms with Gasteiger partial charge in [-0.2, -0.15) is 0 Å². The molecule has 9 rings (SSSR count). The number of para-hydroxylation sites is 4. The maximum Gasteiger partial charge on any atom is 0.163 e. The fraction of sp³-hybridized carbons (Fsp3) is 0. The van der Waals surface area contributed by atoms with Crippen LogP contribution in [0.5, 0.6) is 0 Å². The highest BCUT2D eigenvalue weighted by molar-refractivity contribution is 6.27. The van der Waals surface area contributed by atoms with Gasteiger partial charge in [0.2, 0.25) is 0 Å². The number of rotatable bonds is 2. The maximum absolute atomic E-state index is 6.90. The maximum atomic E-state index is 6.90. The van der Waals surface area contributed by atoms with Crippen molar-refractivity contribution in [2.75, 3.05) is 0 Å². The van der Waals surface area contributed by atoms with Crippen molar-refractivity contribution in [3.8, 4) is 11.4 Å². The first-order valence-corrected chi connectivity index (χ1v) is 13.2. The summed E-state index contributed by atoms with van der Waals surface area (Å²) in [7, 11) is 0. The third kappa shape index (κ3) is 2.70. The standard InChI is InChI=1S/C35H21N3O/c1-3-11-22(12-4-1)37-27-17-9-7-15-24(27)31-29(37)20-19-26-33-35(39-34(26)31)32-25-16-8-10-18-28(25)38(30(32)21-36-33)23-13-5-2-6-14-23/h1-21H. The van der Waals surface area contributed by atoms with Gasteiger partial charge in [-0.3, -0.25) is 0 Å². The Labute approximate surface area is 222 Å². The topological polar surface area (TPSA) is 35.9 Å². The molecule has 4 nitrogen and oxygen atoms in total. The first-order valence-electron chi connectivity index (χ1n) is 13.2. The van der Waals surface area contributed by atoms with E-state index in [-0.39, 0.29) is 0 Å². The summed E-state index contributed by atoms with van der Waals surface area (Å²) in [6, 6.07) is 42.5. The normalized spacial score (nSPS) is 12.1. The number of hydrogen-bond donors (Lipinski definition) is 0. The van der Waals surface area contributed by atoms with Gasteiger partial charge in [0, 0.05) is 27.5 Å². The molecule has 0 aliphatic rings. The number of furan rings is 1. The van der Waals surface area contributed by atoms with Crippen LogP contribution in [0.2, 0.25) is 0 Å². The van der Waals surface area contributed by atoms with Crippen LogP contribution in [-0.2, 0) is 0 Å². The van der Waals surface area contributed by atoms with Gasteiger partial charge in [0.15, 0.2) is 5.58 Å². The van der Waals surface area contributed by atoms with Crippen LogP contribution in [0.25, 0.3) is 77.1 Å². The molecule has 4 aromatic heterocycles. The Balaban J connectivity index is 1.47. The highest BCUT2D eigenvalue weighted by Gasteiger charge is 2.22. The molecule has 0 spiro atoms. The van der Waals surface area contributed by atoms with E-state index < -0.39 is 0 Å². The Morgan fingerprint density at radius 2 is 0.974 bits per heavy atom. The van der Waals surface area contributed by atoms with Crippen LogP contribution in [0.3, 0.4) is 0 Å². The molecule has 4 heterocycles. The number of fused-ring (bicyclic) bond motifs is 11. The molecular weight excluding hydrogens is 478 g/mol. The van der Waals surface area contributed by atoms with E-state index in [0.29, 0.717) is 0 Å². The second kappa shape index (κ2) is 7.59. The Kier molecular flexibility index (Phi) is 4.02. The summed E-state index contributed by atoms with van der Waals surface area (Å²) in [6.07, 6.45) is 2.00. The average molecular weight is 500 g/mol. The number of benzene rings is 5. The summed E-state index contributed by atoms with van der Waals surface area (Å²) in [6.45, 7) is 0. The van der Waals surface area contributed by atoms with Gasteiger partial charge in [-0.1, -0.05) is 72.8 Å². The molecule has 0 atom stereocenters. The lowest BCUT2D eigenvalue weighted by atomic mass is 10.1. The van der Waals surface area contributed by atoms with Gasteiger partial charge in [-0.05, 0) is 48.5 Å². The Hall–Kier alpha value is -5.35. The van der Waals surface area contributed by atoms with Crippen LogP contribution in [0.15, 0.2) is 132 Å². The van der Waals surface area contributed by atoms with Crippen molar-refractivity contribution >= 4 is 65.7 Å². The van der Waals surface area contributed by atoms with Gasteiger partial charge < -0.3 is 13.6 Å². The quantitative estimate of drug-likeness (QED) is 0.238. The second-order valence-corrected chi connectivity index (χ2v) is 10.0. The minimum Gasteiger partial charge on any atom is -0.453 e. The molecule has 0 unspecified atom stereocenters. The van der Waals surface area contributed by atoms with E-state index in [2.05, 4.69) is 124 Å². The lowest BCUT2D eigenvalue weighted by molar-refractivity contribution is 0.676. The second-order valence-electron chi connectivity index (χ2n) is 10.0. The first-order chi connectivity index (χ1) is 19.4. The highest BCUT2D eigenvalue weighted by atomic mass is 16.3. The zero-order valence-electron chi connectivity index (χ0n) is 20.9. The van der Waals surface area contributed by atoms with E-state index in [9.17, 15) is 0 Å². The summed E-state index contributed by atoms with van der Waals surface area (Å²) < 4.78 is 11.5. The fourth-order valence-electron chi connectivity index (χ4n) is 6.35. The van der Waals surface area contributed by atoms with E-state index in [1.165, 1.54) is 5.39 Å². The van der Waals surface area contributed by atoms with Crippen LogP contribution < -0.4 is 0 Å². The minimum atomic E-state index is 0.831. The average Bonchev–Trinajstić information content (AvgIpc) is 3.65. The Bertz CT molecular complexity index is 2210. The Morgan fingerprint density at radius 1 is 0.436 bits per heavy atom. The van der Waals surface area contributed by atoms with Gasteiger partial charge >= 0.3 is 0 Å². The molecule has 182 valence electrons. The molecule has 0 aliphatic heterocycles. The van der Waals surface area contributed by atoms with E-state index in [1.54, 1.807) is 0 Å². The molecule has 0 aliphatic carbocycles. The van der Waals surface area contributed by atoms with Gasteiger partial charge in [0.05, 0.1) is 39.0 Å². The smallest absolute Gasteiger partial charge is 0.163 e. The highest BCUT2D eigenvalue weighted by Crippen LogP contribution is 2.43. The minimum absolute atomic E-state index is 0.831. The zero-order chi connectivity index (χ0) is 25.5. The van der Waals surface area contributed by atoms with Crippen molar-refractivity contribution in [1.29, 1.82) is 0 Å². The summed E-state index contributed by atoms with van der Waals surface area (Å²) in [5, 5.41) is 5.57. The van der Waals surface area contributed by atoms with Crippen molar-refractivity contribution in [2.24, 2.45) is 0 Å². The van der Waals surface area contributed by atoms with E-state index >= 15 is 0 Å². The summed E-state index contributed by atoms with van der Waals surface area (Å²) in [5.41, 5.74) is 9.30. The van der Waals surface area contributed by atoms with Crippen LogP contribution in [0.1, 0.15) is 0 Å². The van der Waals surface area contributed by atoms with E-state index in [4.69, 9.17) is 9.40 Å². The van der Waals surface area contributed by atoms with Crippen LogP contribution in [-0.4, -0.2) is 14.1 Å². The van der Waals surface area contributed by atoms with Crippen LogP contribution in [0, 0.1) is 0 Å². The van der Waals surface area contributed by atoms with Crippen molar-refractivity contribution < 1.29 is 4.42 Å². The monoisotopic (exact) mass is 499 g/mol. The van der Waals surface area contributed by atoms with Gasteiger partial charge in [-0.25, -0.2) is 4.98 Å². The molecule has 0 amide bonds. The van der Waals surface area contributed by atoms with E-state index in [1.807, 2.05) is 12.3 Å². The summed E-state index contributed by atoms with van der Waals surface area (Å²) in [5.74, 6) is 0. The Morgan fingerprint density at radius 3 is 1.62 bits per heavy atom. The largest absolute Gasteiger partial charge is 0.453 e. The SMILES string of the molecule is c1ccc(-n2c3ccccc3c3c4oc5c(ncc6c5c5ccccc5n6-c5ccccc5)c4ccc32)cc1. The number of nitrogens with zero attached hydrogens (tertiary/aromatic N) is 3. The molecule has 4 heteroatoms. The molecule has 0 radical (unpaired) electrons. The predicted octanol–water partition coefficient (Wildman–Crippen LogP) is 9.18. The first kappa shape index (κ1) is 20.7. The summed E-state index contributed by atoms with van der Waals surface area (Å²) >= 11 is 0. The zero-order valence-corrected chi connectivity index (χ0v) is 20.9. The molecule has 9 aromatic rings. The lowest BCUT2D eigenvalue weighted by Gasteiger charge is -2.07. The lowest BCUT2D eigenvalue weighted by Crippen LogP contribution is -1.93. The van der Waals surface area contributed by atoms with Crippen molar-refractivity contribution in [3.05, 3.63) is 128 Å². The summed E-state index contributed by atoms with van der Waals surface area (Å²) in [4.78, 5) is 5.01. The number of aromatic nitrogens is 3. The van der Waals surface area contributed by atoms with Crippen LogP contribution in [0.4, 0.5) is 0 Å². The molecule has 0 bridgehead atoms. The van der Waals surface area contributed by atoms with Gasteiger partial charge in [0.1, 0.15) is 11.1 Å². The molecule has 5 aromatic carbocycles. The number of pyridine rings is 1. The van der Waals surface area contributed by atoms with Gasteiger partial charge in [-0.15, -0.1) is 0 Å². The molecule has 0 saturated heterocycles. The number of hydrogen-bond acceptors (Lipinski definition) is 2. The van der Waals surface area contributed by atoms with Crippen LogP contribution >= 0.6 is 0 Å². The third-order valence-corrected chi connectivity index (χ3v) is 7.95. The molecule has 39 heavy (non-hydrogen) atoms. The predicted molar refractivity (Wildman–Crippen MR) is 160 cm³/mol. The fourth-order valence-corrected chi connectivity index (χ4v) is 6.35. The molecule has 0 saturated carbocycles. The van der Waals surface area contributed by atoms with Crippen molar-refractivity contribution in [2.45, 2.75) is 0 Å². The van der Waals surface area contributed by atoms with E-state index in [0.717, 1.165) is 71.7 Å². The third-order valence-electron chi connectivity index (χ3n) is 7.95. The molecular formula is C35H21N3O. The van der Waals surface area contributed by atoms with Crippen molar-refractivity contribution in [1.82, 2.24) is 14.1 Å². The van der Waals surface area contributed by atoms with Gasteiger partial charge in [0.25, 0.3) is 0 Å². The van der Waals surface area contributed by atoms with Crippen molar-refractivity contribution in [3.63, 3.8) is 0 Å².